The quantitative estimate of drug-likeness (QED) is 0.809. The molecule has 8 heteroatoms. The van der Waals surface area contributed by atoms with Gasteiger partial charge in [-0.2, -0.15) is 0 Å². The summed E-state index contributed by atoms with van der Waals surface area (Å²) < 4.78 is 33.2. The molecule has 24 heavy (non-hydrogen) atoms. The highest BCUT2D eigenvalue weighted by Gasteiger charge is 2.19. The van der Waals surface area contributed by atoms with E-state index in [9.17, 15) is 8.42 Å². The van der Waals surface area contributed by atoms with Crippen LogP contribution >= 0.6 is 0 Å². The Bertz CT molecular complexity index is 787. The summed E-state index contributed by atoms with van der Waals surface area (Å²) in [6.45, 7) is 3.65. The summed E-state index contributed by atoms with van der Waals surface area (Å²) in [5.41, 5.74) is 1.52. The van der Waals surface area contributed by atoms with Crippen molar-refractivity contribution in [3.8, 4) is 5.75 Å². The fourth-order valence-corrected chi connectivity index (χ4v) is 3.39. The molecule has 0 spiro atoms. The van der Waals surface area contributed by atoms with Gasteiger partial charge in [-0.3, -0.25) is 9.97 Å². The van der Waals surface area contributed by atoms with Crippen molar-refractivity contribution in [1.29, 1.82) is 0 Å². The number of sulfonamides is 1. The molecule has 1 aliphatic rings. The molecule has 2 aromatic rings. The van der Waals surface area contributed by atoms with Gasteiger partial charge in [0.1, 0.15) is 16.7 Å². The Morgan fingerprint density at radius 3 is 2.92 bits per heavy atom. The number of rotatable bonds is 6. The van der Waals surface area contributed by atoms with E-state index in [2.05, 4.69) is 20.0 Å². The van der Waals surface area contributed by atoms with Crippen LogP contribution in [0.5, 0.6) is 5.75 Å². The molecule has 0 radical (unpaired) electrons. The van der Waals surface area contributed by atoms with Crippen LogP contribution < -0.4 is 14.8 Å². The summed E-state index contributed by atoms with van der Waals surface area (Å²) in [5, 5.41) is 3.23. The van der Waals surface area contributed by atoms with Gasteiger partial charge in [0.15, 0.2) is 0 Å². The smallest absolute Gasteiger partial charge is 0.242 e. The van der Waals surface area contributed by atoms with Crippen LogP contribution in [-0.4, -0.2) is 37.6 Å². The van der Waals surface area contributed by atoms with Gasteiger partial charge in [0.25, 0.3) is 0 Å². The van der Waals surface area contributed by atoms with Crippen molar-refractivity contribution < 1.29 is 13.2 Å². The molecule has 2 N–H and O–H groups in total. The number of hydrogen-bond donors (Lipinski definition) is 2. The molecule has 0 saturated carbocycles. The van der Waals surface area contributed by atoms with Crippen LogP contribution in [0.4, 0.5) is 0 Å². The van der Waals surface area contributed by atoms with Crippen molar-refractivity contribution in [1.82, 2.24) is 20.0 Å². The van der Waals surface area contributed by atoms with Crippen LogP contribution in [0.1, 0.15) is 17.7 Å². The topological polar surface area (TPSA) is 93.2 Å². The molecule has 128 valence electrons. The van der Waals surface area contributed by atoms with Gasteiger partial charge in [0.2, 0.25) is 10.0 Å². The van der Waals surface area contributed by atoms with Crippen LogP contribution in [0.3, 0.4) is 0 Å². The summed E-state index contributed by atoms with van der Waals surface area (Å²) in [7, 11) is -3.62. The highest BCUT2D eigenvalue weighted by Crippen LogP contribution is 2.20. The third-order valence-corrected chi connectivity index (χ3v) is 5.21. The largest absolute Gasteiger partial charge is 0.487 e. The maximum absolute atomic E-state index is 12.4. The Morgan fingerprint density at radius 2 is 2.21 bits per heavy atom. The van der Waals surface area contributed by atoms with E-state index in [1.807, 2.05) is 6.92 Å². The number of nitrogens with zero attached hydrogens (tertiary/aromatic N) is 2. The first kappa shape index (κ1) is 16.8. The van der Waals surface area contributed by atoms with Crippen molar-refractivity contribution in [2.24, 2.45) is 0 Å². The molecule has 0 unspecified atom stereocenters. The van der Waals surface area contributed by atoms with Gasteiger partial charge in [0.05, 0.1) is 6.20 Å². The van der Waals surface area contributed by atoms with Crippen molar-refractivity contribution >= 4 is 10.0 Å². The second-order valence-electron chi connectivity index (χ2n) is 5.68. The first-order valence-electron chi connectivity index (χ1n) is 7.77. The number of nitrogens with one attached hydrogen (secondary N) is 2. The molecule has 2 aromatic heterocycles. The minimum atomic E-state index is -3.62. The normalized spacial score (nSPS) is 17.8. The monoisotopic (exact) mass is 348 g/mol. The Kier molecular flexibility index (Phi) is 5.08. The van der Waals surface area contributed by atoms with Crippen LogP contribution in [0.25, 0.3) is 0 Å². The van der Waals surface area contributed by atoms with Gasteiger partial charge in [-0.1, -0.05) is 0 Å². The fourth-order valence-electron chi connectivity index (χ4n) is 2.44. The maximum atomic E-state index is 12.4. The SMILES string of the molecule is Cc1ccc(S(=O)(=O)NCc2ccncc2O[C@H]2CCNC2)cn1. The summed E-state index contributed by atoms with van der Waals surface area (Å²) >= 11 is 0. The minimum absolute atomic E-state index is 0.0888. The van der Waals surface area contributed by atoms with E-state index in [0.717, 1.165) is 30.8 Å². The molecule has 0 aliphatic carbocycles. The lowest BCUT2D eigenvalue weighted by atomic mass is 10.2. The summed E-state index contributed by atoms with van der Waals surface area (Å²) in [6, 6.07) is 4.97. The molecular formula is C16H20N4O3S. The Hall–Kier alpha value is -2.03. The number of aryl methyl sites for hydroxylation is 1. The van der Waals surface area contributed by atoms with E-state index in [1.54, 1.807) is 30.6 Å². The minimum Gasteiger partial charge on any atom is -0.487 e. The lowest BCUT2D eigenvalue weighted by molar-refractivity contribution is 0.220. The summed E-state index contributed by atoms with van der Waals surface area (Å²) in [4.78, 5) is 8.24. The van der Waals surface area contributed by atoms with Gasteiger partial charge >= 0.3 is 0 Å². The molecule has 1 fully saturated rings. The molecular weight excluding hydrogens is 328 g/mol. The first-order valence-corrected chi connectivity index (χ1v) is 9.25. The fraction of sp³-hybridized carbons (Fsp3) is 0.375. The molecule has 3 heterocycles. The van der Waals surface area contributed by atoms with Gasteiger partial charge in [-0.25, -0.2) is 13.1 Å². The van der Waals surface area contributed by atoms with Crippen molar-refractivity contribution in [2.45, 2.75) is 30.9 Å². The number of aromatic nitrogens is 2. The number of ether oxygens (including phenoxy) is 1. The first-order chi connectivity index (χ1) is 11.5. The third-order valence-electron chi connectivity index (χ3n) is 3.83. The lowest BCUT2D eigenvalue weighted by Gasteiger charge is -2.16. The zero-order valence-corrected chi connectivity index (χ0v) is 14.2. The van der Waals surface area contributed by atoms with Crippen LogP contribution in [0.2, 0.25) is 0 Å². The zero-order valence-electron chi connectivity index (χ0n) is 13.4. The molecule has 1 aliphatic heterocycles. The average molecular weight is 348 g/mol. The molecule has 7 nitrogen and oxygen atoms in total. The number of pyridine rings is 2. The Morgan fingerprint density at radius 1 is 1.33 bits per heavy atom. The standard InChI is InChI=1S/C16H20N4O3S/c1-12-2-3-15(10-19-12)24(21,22)20-8-13-4-6-18-11-16(13)23-14-5-7-17-9-14/h2-4,6,10-11,14,17,20H,5,7-9H2,1H3/t14-/m0/s1. The highest BCUT2D eigenvalue weighted by atomic mass is 32.2. The zero-order chi connectivity index (χ0) is 17.0. The predicted molar refractivity (Wildman–Crippen MR) is 89.1 cm³/mol. The van der Waals surface area contributed by atoms with Crippen molar-refractivity contribution in [3.63, 3.8) is 0 Å². The van der Waals surface area contributed by atoms with Gasteiger partial charge < -0.3 is 10.1 Å². The molecule has 0 aromatic carbocycles. The van der Waals surface area contributed by atoms with E-state index in [-0.39, 0.29) is 17.5 Å². The molecule has 1 atom stereocenters. The van der Waals surface area contributed by atoms with E-state index in [4.69, 9.17) is 4.74 Å². The van der Waals surface area contributed by atoms with E-state index >= 15 is 0 Å². The lowest BCUT2D eigenvalue weighted by Crippen LogP contribution is -2.25. The van der Waals surface area contributed by atoms with E-state index in [1.165, 1.54) is 6.20 Å². The Balaban J connectivity index is 1.70. The Labute approximate surface area is 141 Å². The summed E-state index contributed by atoms with van der Waals surface area (Å²) in [5.74, 6) is 0.607. The van der Waals surface area contributed by atoms with E-state index in [0.29, 0.717) is 5.75 Å². The third kappa shape index (κ3) is 4.08. The molecule has 0 bridgehead atoms. The van der Waals surface area contributed by atoms with Gasteiger partial charge in [0, 0.05) is 36.7 Å². The van der Waals surface area contributed by atoms with Crippen LogP contribution in [0.15, 0.2) is 41.7 Å². The van der Waals surface area contributed by atoms with Gasteiger partial charge in [-0.05, 0) is 38.1 Å². The highest BCUT2D eigenvalue weighted by molar-refractivity contribution is 7.89. The van der Waals surface area contributed by atoms with Gasteiger partial charge in [-0.15, -0.1) is 0 Å². The predicted octanol–water partition coefficient (Wildman–Crippen LogP) is 1.00. The average Bonchev–Trinajstić information content (AvgIpc) is 3.08. The maximum Gasteiger partial charge on any atom is 0.242 e. The molecule has 3 rings (SSSR count). The van der Waals surface area contributed by atoms with Crippen molar-refractivity contribution in [2.75, 3.05) is 13.1 Å². The molecule has 1 saturated heterocycles. The second kappa shape index (κ2) is 7.25. The molecule has 0 amide bonds. The van der Waals surface area contributed by atoms with E-state index < -0.39 is 10.0 Å². The van der Waals surface area contributed by atoms with Crippen LogP contribution in [-0.2, 0) is 16.6 Å². The number of hydrogen-bond acceptors (Lipinski definition) is 6. The second-order valence-corrected chi connectivity index (χ2v) is 7.44. The van der Waals surface area contributed by atoms with Crippen LogP contribution in [0, 0.1) is 6.92 Å². The van der Waals surface area contributed by atoms with Crippen molar-refractivity contribution in [3.05, 3.63) is 48.0 Å². The summed E-state index contributed by atoms with van der Waals surface area (Å²) in [6.07, 6.45) is 5.61.